The highest BCUT2D eigenvalue weighted by atomic mass is 34.0. The highest BCUT2D eigenvalue weighted by Crippen LogP contribution is 2.57. The van der Waals surface area contributed by atoms with Crippen LogP contribution >= 0.6 is 202 Å². The maximum Gasteiger partial charge on any atom is 0.0608 e. The van der Waals surface area contributed by atoms with Gasteiger partial charge >= 0.3 is 0 Å². The van der Waals surface area contributed by atoms with Crippen LogP contribution in [0.2, 0.25) is 0 Å². The van der Waals surface area contributed by atoms with Gasteiger partial charge in [-0.2, -0.15) is 24.4 Å². The van der Waals surface area contributed by atoms with E-state index in [0.29, 0.717) is 0 Å². The van der Waals surface area contributed by atoms with Crippen molar-refractivity contribution in [3.8, 4) is 0 Å². The van der Waals surface area contributed by atoms with Crippen LogP contribution in [0.5, 0.6) is 0 Å². The first kappa shape index (κ1) is 41.7. The standard InChI is InChI=1S/C16H34S19/c17-8-6-4-2-1-3-5-7-9-19-10-12-22-30-32-34-35-33-31-28-16-25-24-15-27-29-26-14-23-21-13-11-20-18/h17-18H,1-16H2. The average molecular weight is 836 g/mol. The van der Waals surface area contributed by atoms with Gasteiger partial charge in [-0.05, 0) is 93.1 Å². The summed E-state index contributed by atoms with van der Waals surface area (Å²) in [6.45, 7) is 0. The van der Waals surface area contributed by atoms with Crippen molar-refractivity contribution in [3.63, 3.8) is 0 Å². The van der Waals surface area contributed by atoms with Crippen LogP contribution in [0.25, 0.3) is 0 Å². The molecule has 0 aliphatic heterocycles. The topological polar surface area (TPSA) is 0 Å². The summed E-state index contributed by atoms with van der Waals surface area (Å²) in [4.78, 5) is 0. The summed E-state index contributed by atoms with van der Waals surface area (Å²) in [7, 11) is 30.7. The Bertz CT molecular complexity index is 336. The highest BCUT2D eigenvalue weighted by Gasteiger charge is 1.99. The van der Waals surface area contributed by atoms with Crippen molar-refractivity contribution in [2.75, 3.05) is 49.8 Å². The predicted molar refractivity (Wildman–Crippen MR) is 223 cm³/mol. The van der Waals surface area contributed by atoms with E-state index < -0.39 is 0 Å². The highest BCUT2D eigenvalue weighted by molar-refractivity contribution is 9.48. The van der Waals surface area contributed by atoms with Gasteiger partial charge in [-0.25, -0.2) is 0 Å². The number of unbranched alkanes of at least 4 members (excludes halogenated alkanes) is 6. The van der Waals surface area contributed by atoms with Gasteiger partial charge in [-0.15, -0.1) is 11.7 Å². The van der Waals surface area contributed by atoms with Crippen LogP contribution in [0.3, 0.4) is 0 Å². The molecule has 0 saturated heterocycles. The van der Waals surface area contributed by atoms with E-state index in [-0.39, 0.29) is 0 Å². The van der Waals surface area contributed by atoms with E-state index >= 15 is 0 Å². The second-order valence-electron chi connectivity index (χ2n) is 5.82. The van der Waals surface area contributed by atoms with Crippen molar-refractivity contribution in [2.24, 2.45) is 0 Å². The van der Waals surface area contributed by atoms with Crippen LogP contribution in [-0.4, -0.2) is 49.8 Å². The first-order chi connectivity index (χ1) is 17.4. The Morgan fingerprint density at radius 1 is 0.371 bits per heavy atom. The Morgan fingerprint density at radius 2 is 0.886 bits per heavy atom. The molecule has 0 bridgehead atoms. The third kappa shape index (κ3) is 40.6. The molecule has 0 aliphatic carbocycles. The first-order valence-electron chi connectivity index (χ1n) is 10.5. The quantitative estimate of drug-likeness (QED) is 0.0286. The summed E-state index contributed by atoms with van der Waals surface area (Å²) < 4.78 is 0. The molecule has 0 nitrogen and oxygen atoms in total. The van der Waals surface area contributed by atoms with E-state index in [9.17, 15) is 0 Å². The van der Waals surface area contributed by atoms with Gasteiger partial charge in [-0.3, -0.25) is 0 Å². The molecule has 0 spiro atoms. The van der Waals surface area contributed by atoms with Crippen LogP contribution in [0.4, 0.5) is 0 Å². The third-order valence-corrected chi connectivity index (χ3v) is 32.8. The van der Waals surface area contributed by atoms with Crippen LogP contribution in [-0.2, 0) is 0 Å². The van der Waals surface area contributed by atoms with Gasteiger partial charge < -0.3 is 0 Å². The van der Waals surface area contributed by atoms with Gasteiger partial charge in [0.15, 0.2) is 0 Å². The van der Waals surface area contributed by atoms with Crippen molar-refractivity contribution < 1.29 is 0 Å². The number of rotatable bonds is 32. The van der Waals surface area contributed by atoms with Crippen molar-refractivity contribution in [1.29, 1.82) is 0 Å². The van der Waals surface area contributed by atoms with Crippen LogP contribution < -0.4 is 0 Å². The van der Waals surface area contributed by atoms with Gasteiger partial charge in [0.2, 0.25) is 0 Å². The molecule has 35 heavy (non-hydrogen) atoms. The van der Waals surface area contributed by atoms with Crippen LogP contribution in [0, 0.1) is 0 Å². The van der Waals surface area contributed by atoms with E-state index in [2.05, 4.69) is 36.1 Å². The molecular weight excluding hydrogens is 801 g/mol. The van der Waals surface area contributed by atoms with E-state index in [1.807, 2.05) is 155 Å². The molecule has 0 rings (SSSR count). The summed E-state index contributed by atoms with van der Waals surface area (Å²) in [6.07, 6.45) is 9.70. The molecule has 0 aromatic carbocycles. The molecule has 0 heterocycles. The molecule has 0 radical (unpaired) electrons. The molecule has 0 aromatic heterocycles. The first-order valence-corrected chi connectivity index (χ1v) is 33.6. The SMILES string of the molecule is SCCCCCCCCCSCCSSSSSSSSCSSCSSSCSSCCSS. The van der Waals surface area contributed by atoms with Crippen molar-refractivity contribution in [3.05, 3.63) is 0 Å². The van der Waals surface area contributed by atoms with Crippen molar-refractivity contribution in [1.82, 2.24) is 0 Å². The molecule has 0 saturated carbocycles. The van der Waals surface area contributed by atoms with E-state index in [1.165, 1.54) is 68.0 Å². The fourth-order valence-electron chi connectivity index (χ4n) is 1.90. The molecular formula is C16H34S19. The Balaban J connectivity index is 3.00. The van der Waals surface area contributed by atoms with E-state index in [1.54, 1.807) is 10.8 Å². The Kier molecular flexibility index (Phi) is 48.4. The zero-order chi connectivity index (χ0) is 25.3. The average Bonchev–Trinajstić information content (AvgIpc) is 2.87. The van der Waals surface area contributed by atoms with Gasteiger partial charge in [0, 0.05) is 23.0 Å². The van der Waals surface area contributed by atoms with Crippen molar-refractivity contribution in [2.45, 2.75) is 44.9 Å². The number of thioether (sulfide) groups is 1. The van der Waals surface area contributed by atoms with Gasteiger partial charge in [0.1, 0.15) is 0 Å². The summed E-state index contributed by atoms with van der Waals surface area (Å²) >= 11 is 10.5. The van der Waals surface area contributed by atoms with Gasteiger partial charge in [-0.1, -0.05) is 129 Å². The normalized spacial score (nSPS) is 11.5. The fourth-order valence-corrected chi connectivity index (χ4v) is 34.4. The smallest absolute Gasteiger partial charge is 0.0608 e. The maximum atomic E-state index is 4.27. The predicted octanol–water partition coefficient (Wildman–Crippen LogP) is 14.9. The molecule has 0 aromatic rings. The molecule has 0 N–H and O–H groups in total. The van der Waals surface area contributed by atoms with Crippen LogP contribution in [0.1, 0.15) is 44.9 Å². The minimum absolute atomic E-state index is 1.05. The summed E-state index contributed by atoms with van der Waals surface area (Å²) in [5, 5.41) is 3.46. The molecule has 0 aliphatic rings. The lowest BCUT2D eigenvalue weighted by atomic mass is 10.1. The van der Waals surface area contributed by atoms with Crippen LogP contribution in [0.15, 0.2) is 0 Å². The molecule has 212 valence electrons. The maximum absolute atomic E-state index is 4.27. The summed E-state index contributed by atoms with van der Waals surface area (Å²) in [5.74, 6) is 7.25. The number of thiol groups is 2. The molecule has 0 amide bonds. The largest absolute Gasteiger partial charge is 0.179 e. The Hall–Kier alpha value is 6.65. The lowest BCUT2D eigenvalue weighted by Crippen LogP contribution is -1.87. The fraction of sp³-hybridized carbons (Fsp3) is 1.00. The van der Waals surface area contributed by atoms with Gasteiger partial charge in [0.05, 0.1) is 15.3 Å². The van der Waals surface area contributed by atoms with Crippen molar-refractivity contribution >= 4 is 202 Å². The molecule has 19 heteroatoms. The zero-order valence-electron chi connectivity index (χ0n) is 19.1. The van der Waals surface area contributed by atoms with Gasteiger partial charge in [0.25, 0.3) is 0 Å². The minimum Gasteiger partial charge on any atom is -0.179 e. The Morgan fingerprint density at radius 3 is 1.54 bits per heavy atom. The minimum atomic E-state index is 1.05. The third-order valence-electron chi connectivity index (χ3n) is 3.30. The molecule has 0 fully saturated rings. The monoisotopic (exact) mass is 834 g/mol. The number of hydrogen-bond donors (Lipinski definition) is 2. The Labute approximate surface area is 291 Å². The second kappa shape index (κ2) is 40.6. The number of hydrogen-bond acceptors (Lipinski definition) is 19. The van der Waals surface area contributed by atoms with E-state index in [4.69, 9.17) is 0 Å². The second-order valence-corrected chi connectivity index (χ2v) is 32.5. The summed E-state index contributed by atoms with van der Waals surface area (Å²) in [6, 6.07) is 0. The zero-order valence-corrected chi connectivity index (χ0v) is 34.8. The molecule has 0 atom stereocenters. The van der Waals surface area contributed by atoms with E-state index in [0.717, 1.165) is 26.8 Å². The lowest BCUT2D eigenvalue weighted by Gasteiger charge is -2.03. The summed E-state index contributed by atoms with van der Waals surface area (Å²) in [5.41, 5.74) is 0. The lowest BCUT2D eigenvalue weighted by molar-refractivity contribution is 0.605. The molecule has 0 unspecified atom stereocenters.